The summed E-state index contributed by atoms with van der Waals surface area (Å²) >= 11 is 0. The van der Waals surface area contributed by atoms with Crippen LogP contribution in [0.3, 0.4) is 0 Å². The van der Waals surface area contributed by atoms with Crippen LogP contribution in [-0.2, 0) is 16.4 Å². The molecule has 1 saturated heterocycles. The molecule has 1 amide bonds. The lowest BCUT2D eigenvalue weighted by atomic mass is 9.92. The molecular formula is C20H21F3N4O. The number of hydrogen-bond acceptors (Lipinski definition) is 4. The van der Waals surface area contributed by atoms with Crippen LogP contribution in [0.15, 0.2) is 36.5 Å². The fraction of sp³-hybridized carbons (Fsp3) is 0.450. The largest absolute Gasteiger partial charge is 0.416 e. The number of carbonyl (C=O) groups excluding carboxylic acids is 1. The van der Waals surface area contributed by atoms with Gasteiger partial charge in [-0.1, -0.05) is 18.2 Å². The van der Waals surface area contributed by atoms with Crippen LogP contribution in [0.5, 0.6) is 0 Å². The third-order valence-corrected chi connectivity index (χ3v) is 5.55. The highest BCUT2D eigenvalue weighted by molar-refractivity contribution is 5.91. The summed E-state index contributed by atoms with van der Waals surface area (Å²) in [5.74, 6) is 1.46. The number of aryl methyl sites for hydroxylation is 1. The summed E-state index contributed by atoms with van der Waals surface area (Å²) in [6.45, 7) is 4.17. The molecule has 0 spiro atoms. The maximum Gasteiger partial charge on any atom is 0.416 e. The molecule has 1 aromatic carbocycles. The molecule has 2 aliphatic rings. The highest BCUT2D eigenvalue weighted by atomic mass is 19.4. The van der Waals surface area contributed by atoms with Gasteiger partial charge < -0.3 is 9.80 Å². The summed E-state index contributed by atoms with van der Waals surface area (Å²) in [6.07, 6.45) is -1.50. The maximum atomic E-state index is 13.1. The molecule has 0 radical (unpaired) electrons. The Hall–Kier alpha value is -2.64. The molecule has 148 valence electrons. The van der Waals surface area contributed by atoms with Crippen LogP contribution in [-0.4, -0.2) is 47.0 Å². The molecule has 4 rings (SSSR count). The maximum absolute atomic E-state index is 13.1. The van der Waals surface area contributed by atoms with Crippen molar-refractivity contribution in [3.05, 3.63) is 53.5 Å². The smallest absolute Gasteiger partial charge is 0.353 e. The molecule has 2 aromatic rings. The Labute approximate surface area is 161 Å². The van der Waals surface area contributed by atoms with Crippen LogP contribution >= 0.6 is 0 Å². The molecule has 2 fully saturated rings. The molecule has 1 saturated carbocycles. The van der Waals surface area contributed by atoms with E-state index in [-0.39, 0.29) is 5.91 Å². The number of halogens is 3. The molecule has 0 atom stereocenters. The Morgan fingerprint density at radius 2 is 1.82 bits per heavy atom. The molecule has 1 aliphatic heterocycles. The minimum absolute atomic E-state index is 0.0645. The molecule has 8 heteroatoms. The Morgan fingerprint density at radius 3 is 2.43 bits per heavy atom. The number of alkyl halides is 3. The molecule has 1 aliphatic carbocycles. The first-order valence-electron chi connectivity index (χ1n) is 9.31. The summed E-state index contributed by atoms with van der Waals surface area (Å²) in [6, 6.07) is 7.05. The lowest BCUT2D eigenvalue weighted by Gasteiger charge is -2.37. The Bertz CT molecular complexity index is 887. The summed E-state index contributed by atoms with van der Waals surface area (Å²) in [5, 5.41) is 0. The van der Waals surface area contributed by atoms with Crippen LogP contribution in [0, 0.1) is 6.92 Å². The molecule has 0 N–H and O–H groups in total. The topological polar surface area (TPSA) is 49.3 Å². The summed E-state index contributed by atoms with van der Waals surface area (Å²) in [7, 11) is 0. The van der Waals surface area contributed by atoms with E-state index in [2.05, 4.69) is 14.9 Å². The first-order chi connectivity index (χ1) is 13.3. The van der Waals surface area contributed by atoms with E-state index < -0.39 is 17.2 Å². The molecule has 5 nitrogen and oxygen atoms in total. The van der Waals surface area contributed by atoms with Crippen molar-refractivity contribution in [1.82, 2.24) is 14.9 Å². The average molecular weight is 390 g/mol. The van der Waals surface area contributed by atoms with Crippen LogP contribution in [0.1, 0.15) is 29.8 Å². The van der Waals surface area contributed by atoms with Gasteiger partial charge in [0.15, 0.2) is 0 Å². The number of benzene rings is 1. The van der Waals surface area contributed by atoms with Gasteiger partial charge >= 0.3 is 6.18 Å². The number of carbonyl (C=O) groups is 1. The number of anilines is 1. The standard InChI is InChI=1S/C20H21F3N4O/c1-14-24-8-5-17(25-14)26-9-11-27(12-10-26)18(28)19(6-7-19)15-3-2-4-16(13-15)20(21,22)23/h2-5,8,13H,6-7,9-12H2,1H3. The first-order valence-corrected chi connectivity index (χ1v) is 9.31. The van der Waals surface area contributed by atoms with E-state index in [1.165, 1.54) is 6.07 Å². The predicted octanol–water partition coefficient (Wildman–Crippen LogP) is 3.18. The third-order valence-electron chi connectivity index (χ3n) is 5.55. The van der Waals surface area contributed by atoms with Crippen molar-refractivity contribution in [3.63, 3.8) is 0 Å². The minimum atomic E-state index is -4.41. The zero-order valence-electron chi connectivity index (χ0n) is 15.5. The highest BCUT2D eigenvalue weighted by Gasteiger charge is 2.53. The molecule has 28 heavy (non-hydrogen) atoms. The van der Waals surface area contributed by atoms with Gasteiger partial charge in [-0.15, -0.1) is 0 Å². The predicted molar refractivity (Wildman–Crippen MR) is 97.9 cm³/mol. The second-order valence-corrected chi connectivity index (χ2v) is 7.40. The number of rotatable bonds is 3. The number of piperazine rings is 1. The third kappa shape index (κ3) is 3.43. The van der Waals surface area contributed by atoms with Crippen LogP contribution in [0.2, 0.25) is 0 Å². The van der Waals surface area contributed by atoms with Gasteiger partial charge in [0.25, 0.3) is 0 Å². The van der Waals surface area contributed by atoms with E-state index in [0.29, 0.717) is 50.4 Å². The van der Waals surface area contributed by atoms with E-state index in [1.54, 1.807) is 17.2 Å². The van der Waals surface area contributed by atoms with Crippen molar-refractivity contribution < 1.29 is 18.0 Å². The number of hydrogen-bond donors (Lipinski definition) is 0. The molecular weight excluding hydrogens is 369 g/mol. The van der Waals surface area contributed by atoms with Crippen molar-refractivity contribution in [2.24, 2.45) is 0 Å². The van der Waals surface area contributed by atoms with E-state index in [4.69, 9.17) is 0 Å². The quantitative estimate of drug-likeness (QED) is 0.808. The van der Waals surface area contributed by atoms with Crippen molar-refractivity contribution in [2.45, 2.75) is 31.4 Å². The Morgan fingerprint density at radius 1 is 1.11 bits per heavy atom. The number of aromatic nitrogens is 2. The van der Waals surface area contributed by atoms with Gasteiger partial charge in [0.2, 0.25) is 5.91 Å². The second-order valence-electron chi connectivity index (χ2n) is 7.40. The van der Waals surface area contributed by atoms with Gasteiger partial charge in [0, 0.05) is 32.4 Å². The van der Waals surface area contributed by atoms with Crippen LogP contribution in [0.4, 0.5) is 19.0 Å². The highest BCUT2D eigenvalue weighted by Crippen LogP contribution is 2.50. The number of nitrogens with zero attached hydrogens (tertiary/aromatic N) is 4. The van der Waals surface area contributed by atoms with Crippen LogP contribution in [0.25, 0.3) is 0 Å². The second kappa shape index (κ2) is 6.76. The molecule has 2 heterocycles. The van der Waals surface area contributed by atoms with Crippen molar-refractivity contribution in [1.29, 1.82) is 0 Å². The van der Waals surface area contributed by atoms with Gasteiger partial charge in [-0.05, 0) is 37.5 Å². The SMILES string of the molecule is Cc1nccc(N2CCN(C(=O)C3(c4cccc(C(F)(F)F)c4)CC3)CC2)n1. The van der Waals surface area contributed by atoms with Crippen LogP contribution < -0.4 is 4.90 Å². The van der Waals surface area contributed by atoms with Crippen molar-refractivity contribution in [2.75, 3.05) is 31.1 Å². The zero-order chi connectivity index (χ0) is 19.9. The molecule has 0 bridgehead atoms. The first kappa shape index (κ1) is 18.7. The van der Waals surface area contributed by atoms with E-state index in [1.807, 2.05) is 13.0 Å². The fourth-order valence-electron chi connectivity index (χ4n) is 3.81. The molecule has 1 aromatic heterocycles. The van der Waals surface area contributed by atoms with Gasteiger partial charge in [-0.2, -0.15) is 13.2 Å². The van der Waals surface area contributed by atoms with Crippen molar-refractivity contribution >= 4 is 11.7 Å². The van der Waals surface area contributed by atoms with Crippen molar-refractivity contribution in [3.8, 4) is 0 Å². The lowest BCUT2D eigenvalue weighted by Crippen LogP contribution is -2.51. The lowest BCUT2D eigenvalue weighted by molar-refractivity contribution is -0.138. The monoisotopic (exact) mass is 390 g/mol. The van der Waals surface area contributed by atoms with E-state index in [0.717, 1.165) is 18.0 Å². The summed E-state index contributed by atoms with van der Waals surface area (Å²) in [5.41, 5.74) is -1.02. The fourth-order valence-corrected chi connectivity index (χ4v) is 3.81. The number of amides is 1. The van der Waals surface area contributed by atoms with Gasteiger partial charge in [-0.25, -0.2) is 9.97 Å². The van der Waals surface area contributed by atoms with Gasteiger partial charge in [-0.3, -0.25) is 4.79 Å². The van der Waals surface area contributed by atoms with Gasteiger partial charge in [0.1, 0.15) is 11.6 Å². The van der Waals surface area contributed by atoms with E-state index in [9.17, 15) is 18.0 Å². The Balaban J connectivity index is 1.47. The normalized spacial score (nSPS) is 18.9. The zero-order valence-corrected chi connectivity index (χ0v) is 15.5. The molecule has 0 unspecified atom stereocenters. The minimum Gasteiger partial charge on any atom is -0.353 e. The van der Waals surface area contributed by atoms with E-state index >= 15 is 0 Å². The Kier molecular flexibility index (Phi) is 4.51. The summed E-state index contributed by atoms with van der Waals surface area (Å²) < 4.78 is 39.2. The summed E-state index contributed by atoms with van der Waals surface area (Å²) in [4.78, 5) is 25.5. The van der Waals surface area contributed by atoms with Gasteiger partial charge in [0.05, 0.1) is 11.0 Å². The average Bonchev–Trinajstić information content (AvgIpc) is 3.49.